The number of nitrogens with one attached hydrogen (secondary N) is 1. The van der Waals surface area contributed by atoms with E-state index in [9.17, 15) is 4.79 Å². The third kappa shape index (κ3) is 2.43. The van der Waals surface area contributed by atoms with Gasteiger partial charge in [0.2, 0.25) is 5.78 Å². The first-order valence-corrected chi connectivity index (χ1v) is 11.1. The number of imidazole rings is 1. The van der Waals surface area contributed by atoms with Crippen molar-refractivity contribution in [1.29, 1.82) is 0 Å². The van der Waals surface area contributed by atoms with E-state index in [1.807, 2.05) is 33.1 Å². The fraction of sp³-hybridized carbons (Fsp3) is 0.263. The number of aromatic amines is 1. The first kappa shape index (κ1) is 16.3. The highest BCUT2D eigenvalue weighted by Gasteiger charge is 2.19. The van der Waals surface area contributed by atoms with Gasteiger partial charge in [0, 0.05) is 22.4 Å². The van der Waals surface area contributed by atoms with Crippen molar-refractivity contribution in [2.45, 2.75) is 36.6 Å². The van der Waals surface area contributed by atoms with Gasteiger partial charge in [-0.15, -0.1) is 16.4 Å². The molecule has 0 radical (unpaired) electrons. The molecule has 0 amide bonds. The highest BCUT2D eigenvalue weighted by Crippen LogP contribution is 2.29. The number of thiazole rings is 1. The molecule has 1 aliphatic rings. The van der Waals surface area contributed by atoms with Crippen LogP contribution >= 0.6 is 23.1 Å². The second kappa shape index (κ2) is 6.18. The molecule has 1 aromatic carbocycles. The van der Waals surface area contributed by atoms with Crippen LogP contribution in [0.3, 0.4) is 0 Å². The second-order valence-corrected chi connectivity index (χ2v) is 8.94. The van der Waals surface area contributed by atoms with Crippen molar-refractivity contribution in [2.24, 2.45) is 0 Å². The molecule has 0 atom stereocenters. The van der Waals surface area contributed by atoms with Gasteiger partial charge >= 0.3 is 0 Å². The average molecular weight is 409 g/mol. The van der Waals surface area contributed by atoms with Gasteiger partial charge in [0.15, 0.2) is 10.1 Å². The summed E-state index contributed by atoms with van der Waals surface area (Å²) in [7, 11) is 0. The van der Waals surface area contributed by atoms with Crippen LogP contribution in [0.15, 0.2) is 40.3 Å². The summed E-state index contributed by atoms with van der Waals surface area (Å²) in [5.74, 6) is 1.30. The van der Waals surface area contributed by atoms with Crippen LogP contribution in [0.25, 0.3) is 21.8 Å². The molecule has 0 unspecified atom stereocenters. The van der Waals surface area contributed by atoms with Crippen LogP contribution in [0.4, 0.5) is 0 Å². The molecule has 140 valence electrons. The van der Waals surface area contributed by atoms with Crippen molar-refractivity contribution in [1.82, 2.24) is 29.0 Å². The Morgan fingerprint density at radius 2 is 2.04 bits per heavy atom. The number of para-hydroxylation sites is 2. The fourth-order valence-corrected chi connectivity index (χ4v) is 5.97. The van der Waals surface area contributed by atoms with Crippen molar-refractivity contribution in [3.05, 3.63) is 57.0 Å². The minimum Gasteiger partial charge on any atom is -0.269 e. The van der Waals surface area contributed by atoms with Crippen LogP contribution in [0.1, 0.15) is 29.1 Å². The van der Waals surface area contributed by atoms with Gasteiger partial charge in [-0.3, -0.25) is 13.6 Å². The molecule has 1 N–H and O–H groups in total. The number of rotatable bonds is 3. The molecule has 0 spiro atoms. The molecule has 4 heterocycles. The Bertz CT molecular complexity index is 1410. The van der Waals surface area contributed by atoms with E-state index in [1.165, 1.54) is 17.0 Å². The monoisotopic (exact) mass is 408 g/mol. The van der Waals surface area contributed by atoms with Gasteiger partial charge in [-0.25, -0.2) is 15.1 Å². The molecule has 4 aromatic heterocycles. The fourth-order valence-electron chi connectivity index (χ4n) is 3.89. The zero-order chi connectivity index (χ0) is 18.7. The first-order valence-electron chi connectivity index (χ1n) is 9.25. The standard InChI is InChI=1S/C19H16N6OS2/c26-16-9-11(20-18-24(16)14-7-3-4-8-15(14)28-18)10-27-19-23-22-17-21-12-5-1-2-6-13(12)25(17)19/h1-2,5-6,9H,3-4,7-8,10H2,(H,21,22). The molecule has 9 heteroatoms. The van der Waals surface area contributed by atoms with E-state index >= 15 is 0 Å². The van der Waals surface area contributed by atoms with Gasteiger partial charge < -0.3 is 0 Å². The molecule has 0 aliphatic heterocycles. The van der Waals surface area contributed by atoms with E-state index in [1.54, 1.807) is 29.2 Å². The number of H-pyrrole nitrogens is 1. The Balaban J connectivity index is 1.36. The number of fused-ring (bicyclic) bond motifs is 6. The molecule has 7 nitrogen and oxygen atoms in total. The molecule has 28 heavy (non-hydrogen) atoms. The van der Waals surface area contributed by atoms with E-state index in [-0.39, 0.29) is 5.56 Å². The van der Waals surface area contributed by atoms with E-state index < -0.39 is 0 Å². The number of hydrogen-bond acceptors (Lipinski definition) is 6. The summed E-state index contributed by atoms with van der Waals surface area (Å²) in [5.41, 5.74) is 3.93. The molecule has 0 saturated carbocycles. The van der Waals surface area contributed by atoms with Gasteiger partial charge in [-0.05, 0) is 37.8 Å². The molecule has 0 bridgehead atoms. The summed E-state index contributed by atoms with van der Waals surface area (Å²) in [4.78, 5) is 24.2. The van der Waals surface area contributed by atoms with E-state index in [2.05, 4.69) is 15.2 Å². The van der Waals surface area contributed by atoms with Crippen molar-refractivity contribution < 1.29 is 0 Å². The van der Waals surface area contributed by atoms with E-state index in [4.69, 9.17) is 4.98 Å². The molecule has 6 rings (SSSR count). The van der Waals surface area contributed by atoms with Crippen LogP contribution in [0.2, 0.25) is 0 Å². The van der Waals surface area contributed by atoms with Crippen molar-refractivity contribution in [3.63, 3.8) is 0 Å². The summed E-state index contributed by atoms with van der Waals surface area (Å²) in [6.45, 7) is 0. The van der Waals surface area contributed by atoms with Crippen LogP contribution in [0, 0.1) is 0 Å². The van der Waals surface area contributed by atoms with Gasteiger partial charge in [-0.2, -0.15) is 0 Å². The number of thioether (sulfide) groups is 1. The zero-order valence-electron chi connectivity index (χ0n) is 14.9. The number of hydrogen-bond donors (Lipinski definition) is 1. The third-order valence-electron chi connectivity index (χ3n) is 5.17. The normalized spacial score (nSPS) is 14.3. The van der Waals surface area contributed by atoms with E-state index in [0.29, 0.717) is 5.75 Å². The number of nitrogens with zero attached hydrogens (tertiary/aromatic N) is 5. The quantitative estimate of drug-likeness (QED) is 0.463. The summed E-state index contributed by atoms with van der Waals surface area (Å²) in [6.07, 6.45) is 4.39. The average Bonchev–Trinajstić information content (AvgIpc) is 3.37. The first-order chi connectivity index (χ1) is 13.8. The van der Waals surface area contributed by atoms with Crippen LogP contribution in [0.5, 0.6) is 0 Å². The lowest BCUT2D eigenvalue weighted by molar-refractivity contribution is 0.670. The SMILES string of the molecule is O=c1cc(CSc2n[nH]c3nc4ccccc4n23)nc2sc3c(n12)CCCC3. The van der Waals surface area contributed by atoms with Gasteiger partial charge in [0.25, 0.3) is 5.56 Å². The third-order valence-corrected chi connectivity index (χ3v) is 7.28. The molecule has 0 fully saturated rings. The van der Waals surface area contributed by atoms with Crippen LogP contribution in [-0.4, -0.2) is 29.0 Å². The van der Waals surface area contributed by atoms with Gasteiger partial charge in [0.05, 0.1) is 16.7 Å². The highest BCUT2D eigenvalue weighted by atomic mass is 32.2. The van der Waals surface area contributed by atoms with Crippen LogP contribution < -0.4 is 5.56 Å². The van der Waals surface area contributed by atoms with Crippen molar-refractivity contribution >= 4 is 44.9 Å². The predicted molar refractivity (Wildman–Crippen MR) is 110 cm³/mol. The number of aryl methyl sites for hydroxylation is 2. The lowest BCUT2D eigenvalue weighted by Crippen LogP contribution is -2.17. The maximum absolute atomic E-state index is 12.7. The van der Waals surface area contributed by atoms with Gasteiger partial charge in [0.1, 0.15) is 0 Å². The Morgan fingerprint density at radius 1 is 1.14 bits per heavy atom. The van der Waals surface area contributed by atoms with Crippen molar-refractivity contribution in [3.8, 4) is 0 Å². The largest absolute Gasteiger partial charge is 0.269 e. The minimum absolute atomic E-state index is 0.0280. The minimum atomic E-state index is 0.0280. The smallest absolute Gasteiger partial charge is 0.259 e. The predicted octanol–water partition coefficient (Wildman–Crippen LogP) is 3.45. The molecule has 5 aromatic rings. The Labute approximate surface area is 167 Å². The van der Waals surface area contributed by atoms with E-state index in [0.717, 1.165) is 51.9 Å². The van der Waals surface area contributed by atoms with Crippen LogP contribution in [-0.2, 0) is 18.6 Å². The summed E-state index contributed by atoms with van der Waals surface area (Å²) < 4.78 is 3.82. The Hall–Kier alpha value is -2.65. The number of benzene rings is 1. The Kier molecular flexibility index (Phi) is 3.60. The van der Waals surface area contributed by atoms with Crippen molar-refractivity contribution in [2.75, 3.05) is 0 Å². The summed E-state index contributed by atoms with van der Waals surface area (Å²) in [5, 5.41) is 8.19. The zero-order valence-corrected chi connectivity index (χ0v) is 16.5. The summed E-state index contributed by atoms with van der Waals surface area (Å²) >= 11 is 3.22. The maximum Gasteiger partial charge on any atom is 0.259 e. The second-order valence-electron chi connectivity index (χ2n) is 6.94. The topological polar surface area (TPSA) is 80.3 Å². The lowest BCUT2D eigenvalue weighted by atomic mass is 10.0. The maximum atomic E-state index is 12.7. The lowest BCUT2D eigenvalue weighted by Gasteiger charge is -2.10. The molecular weight excluding hydrogens is 392 g/mol. The molecular formula is C19H16N6OS2. The molecule has 1 aliphatic carbocycles. The molecule has 0 saturated heterocycles. The summed E-state index contributed by atoms with van der Waals surface area (Å²) in [6, 6.07) is 9.65. The number of aromatic nitrogens is 6. The Morgan fingerprint density at radius 3 is 3.00 bits per heavy atom. The highest BCUT2D eigenvalue weighted by molar-refractivity contribution is 7.98. The van der Waals surface area contributed by atoms with Gasteiger partial charge in [-0.1, -0.05) is 23.9 Å².